The van der Waals surface area contributed by atoms with Gasteiger partial charge in [-0.25, -0.2) is 8.42 Å². The van der Waals surface area contributed by atoms with Gasteiger partial charge in [-0.3, -0.25) is 19.3 Å². The second-order valence-corrected chi connectivity index (χ2v) is 11.5. The second-order valence-electron chi connectivity index (χ2n) is 9.73. The van der Waals surface area contributed by atoms with E-state index in [1.54, 1.807) is 36.4 Å². The number of ether oxygens (including phenoxy) is 1. The van der Waals surface area contributed by atoms with Crippen LogP contribution in [0.2, 0.25) is 0 Å². The highest BCUT2D eigenvalue weighted by atomic mass is 32.2. The summed E-state index contributed by atoms with van der Waals surface area (Å²) in [5.74, 6) is -0.432. The van der Waals surface area contributed by atoms with E-state index in [-0.39, 0.29) is 11.7 Å². The highest BCUT2D eigenvalue weighted by molar-refractivity contribution is 7.92. The third-order valence-corrected chi connectivity index (χ3v) is 7.41. The molecule has 0 radical (unpaired) electrons. The Balaban J connectivity index is 1.75. The molecule has 0 saturated heterocycles. The summed E-state index contributed by atoms with van der Waals surface area (Å²) in [6, 6.07) is 17.8. The average molecular weight is 553 g/mol. The molecule has 208 valence electrons. The lowest BCUT2D eigenvalue weighted by Crippen LogP contribution is -2.52. The van der Waals surface area contributed by atoms with Gasteiger partial charge in [-0.1, -0.05) is 44.2 Å². The Morgan fingerprint density at radius 2 is 1.59 bits per heavy atom. The zero-order valence-corrected chi connectivity index (χ0v) is 23.3. The predicted molar refractivity (Wildman–Crippen MR) is 152 cm³/mol. The third kappa shape index (κ3) is 10.0. The van der Waals surface area contributed by atoms with E-state index in [2.05, 4.69) is 20.3 Å². The maximum absolute atomic E-state index is 13.4. The number of carbonyl (C=O) groups excluding carboxylic acids is 2. The van der Waals surface area contributed by atoms with Gasteiger partial charge in [0.15, 0.2) is 0 Å². The Hall–Kier alpha value is -3.92. The van der Waals surface area contributed by atoms with E-state index in [1.165, 1.54) is 19.5 Å². The van der Waals surface area contributed by atoms with E-state index in [9.17, 15) is 18.0 Å². The van der Waals surface area contributed by atoms with Gasteiger partial charge in [0.25, 0.3) is 5.91 Å². The SMILES string of the molecule is COc1ccc(NS(=O)(=O)CC(CCc2ccccc2)NC(=O)C(CC(C)C)NC(=O)c2ccncc2)cc1. The number of carbonyl (C=O) groups is 2. The molecule has 9 nitrogen and oxygen atoms in total. The number of hydrogen-bond acceptors (Lipinski definition) is 6. The molecule has 2 amide bonds. The van der Waals surface area contributed by atoms with Crippen LogP contribution in [0.5, 0.6) is 5.75 Å². The van der Waals surface area contributed by atoms with Gasteiger partial charge in [-0.15, -0.1) is 0 Å². The Kier molecular flexibility index (Phi) is 10.9. The molecule has 39 heavy (non-hydrogen) atoms. The first-order valence-corrected chi connectivity index (χ1v) is 14.5. The van der Waals surface area contributed by atoms with E-state index in [1.807, 2.05) is 44.2 Å². The van der Waals surface area contributed by atoms with Gasteiger partial charge in [0.1, 0.15) is 11.8 Å². The molecule has 10 heteroatoms. The maximum Gasteiger partial charge on any atom is 0.252 e. The van der Waals surface area contributed by atoms with Crippen LogP contribution in [-0.4, -0.2) is 50.2 Å². The summed E-state index contributed by atoms with van der Waals surface area (Å²) in [7, 11) is -2.29. The normalized spacial score (nSPS) is 12.8. The number of pyridine rings is 1. The molecular weight excluding hydrogens is 516 g/mol. The third-order valence-electron chi connectivity index (χ3n) is 6.03. The van der Waals surface area contributed by atoms with Crippen molar-refractivity contribution in [3.63, 3.8) is 0 Å². The number of aromatic nitrogens is 1. The predicted octanol–water partition coefficient (Wildman–Crippen LogP) is 3.79. The Morgan fingerprint density at radius 1 is 0.923 bits per heavy atom. The Labute approximate surface area is 230 Å². The summed E-state index contributed by atoms with van der Waals surface area (Å²) in [6.45, 7) is 3.91. The molecule has 3 aromatic rings. The van der Waals surface area contributed by atoms with Crippen molar-refractivity contribution in [3.05, 3.63) is 90.3 Å². The zero-order chi connectivity index (χ0) is 28.3. The van der Waals surface area contributed by atoms with Crippen molar-refractivity contribution < 1.29 is 22.7 Å². The number of anilines is 1. The van der Waals surface area contributed by atoms with Gasteiger partial charge in [0.05, 0.1) is 12.9 Å². The molecule has 0 spiro atoms. The fourth-order valence-corrected chi connectivity index (χ4v) is 5.44. The van der Waals surface area contributed by atoms with Crippen LogP contribution in [-0.2, 0) is 21.2 Å². The first-order valence-electron chi connectivity index (χ1n) is 12.8. The van der Waals surface area contributed by atoms with Crippen molar-refractivity contribution in [2.75, 3.05) is 17.6 Å². The molecule has 1 aromatic heterocycles. The first-order chi connectivity index (χ1) is 18.6. The molecule has 0 fully saturated rings. The summed E-state index contributed by atoms with van der Waals surface area (Å²) in [5, 5.41) is 5.71. The summed E-state index contributed by atoms with van der Waals surface area (Å²) < 4.78 is 33.9. The minimum absolute atomic E-state index is 0.113. The van der Waals surface area contributed by atoms with E-state index in [0.717, 1.165) is 5.56 Å². The maximum atomic E-state index is 13.4. The van der Waals surface area contributed by atoms with Crippen molar-refractivity contribution >= 4 is 27.5 Å². The quantitative estimate of drug-likeness (QED) is 0.279. The molecule has 2 atom stereocenters. The molecular formula is C29H36N4O5S. The number of amides is 2. The lowest BCUT2D eigenvalue weighted by molar-refractivity contribution is -0.124. The average Bonchev–Trinajstić information content (AvgIpc) is 2.92. The largest absolute Gasteiger partial charge is 0.497 e. The van der Waals surface area contributed by atoms with Crippen LogP contribution >= 0.6 is 0 Å². The van der Waals surface area contributed by atoms with Crippen LogP contribution < -0.4 is 20.1 Å². The number of nitrogens with one attached hydrogen (secondary N) is 3. The number of methoxy groups -OCH3 is 1. The van der Waals surface area contributed by atoms with Gasteiger partial charge in [0, 0.05) is 29.7 Å². The molecule has 0 bridgehead atoms. The minimum atomic E-state index is -3.82. The van der Waals surface area contributed by atoms with E-state index in [0.29, 0.717) is 36.3 Å². The monoisotopic (exact) mass is 552 g/mol. The van der Waals surface area contributed by atoms with E-state index in [4.69, 9.17) is 4.74 Å². The van der Waals surface area contributed by atoms with Gasteiger partial charge in [0.2, 0.25) is 15.9 Å². The van der Waals surface area contributed by atoms with Gasteiger partial charge < -0.3 is 15.4 Å². The highest BCUT2D eigenvalue weighted by Gasteiger charge is 2.27. The van der Waals surface area contributed by atoms with E-state index >= 15 is 0 Å². The molecule has 2 unspecified atom stereocenters. The van der Waals surface area contributed by atoms with Crippen molar-refractivity contribution in [3.8, 4) is 5.75 Å². The number of hydrogen-bond donors (Lipinski definition) is 3. The lowest BCUT2D eigenvalue weighted by atomic mass is 10.0. The highest BCUT2D eigenvalue weighted by Crippen LogP contribution is 2.17. The summed E-state index contributed by atoms with van der Waals surface area (Å²) in [5.41, 5.74) is 1.81. The summed E-state index contributed by atoms with van der Waals surface area (Å²) >= 11 is 0. The zero-order valence-electron chi connectivity index (χ0n) is 22.5. The molecule has 0 aliphatic carbocycles. The topological polar surface area (TPSA) is 126 Å². The first kappa shape index (κ1) is 29.6. The van der Waals surface area contributed by atoms with Crippen LogP contribution in [0.4, 0.5) is 5.69 Å². The van der Waals surface area contributed by atoms with Crippen LogP contribution in [0.3, 0.4) is 0 Å². The fourth-order valence-electron chi connectivity index (χ4n) is 4.08. The van der Waals surface area contributed by atoms with Gasteiger partial charge >= 0.3 is 0 Å². The van der Waals surface area contributed by atoms with Crippen LogP contribution in [0.1, 0.15) is 42.6 Å². The smallest absolute Gasteiger partial charge is 0.252 e. The Bertz CT molecular complexity index is 1300. The Morgan fingerprint density at radius 3 is 2.21 bits per heavy atom. The van der Waals surface area contributed by atoms with E-state index < -0.39 is 33.9 Å². The number of nitrogens with zero attached hydrogens (tertiary/aromatic N) is 1. The number of sulfonamides is 1. The number of benzene rings is 2. The van der Waals surface area contributed by atoms with Crippen molar-refractivity contribution in [1.82, 2.24) is 15.6 Å². The summed E-state index contributed by atoms with van der Waals surface area (Å²) in [4.78, 5) is 30.1. The van der Waals surface area contributed by atoms with Gasteiger partial charge in [-0.2, -0.15) is 0 Å². The molecule has 2 aromatic carbocycles. The molecule has 0 saturated carbocycles. The number of aryl methyl sites for hydroxylation is 1. The van der Waals surface area contributed by atoms with Crippen molar-refractivity contribution in [2.45, 2.75) is 45.2 Å². The standard InChI is InChI=1S/C29H36N4O5S/c1-21(2)19-27(32-28(34)23-15-17-30-18-16-23)29(35)31-25(10-9-22-7-5-4-6-8-22)20-39(36,37)33-24-11-13-26(38-3)14-12-24/h4-8,11-18,21,25,27,33H,9-10,19-20H2,1-3H3,(H,31,35)(H,32,34). The second kappa shape index (κ2) is 14.3. The van der Waals surface area contributed by atoms with Gasteiger partial charge in [-0.05, 0) is 67.1 Å². The molecule has 0 aliphatic rings. The molecule has 3 N–H and O–H groups in total. The molecule has 3 rings (SSSR count). The van der Waals surface area contributed by atoms with Crippen LogP contribution in [0.15, 0.2) is 79.1 Å². The van der Waals surface area contributed by atoms with Crippen LogP contribution in [0, 0.1) is 5.92 Å². The number of rotatable bonds is 14. The minimum Gasteiger partial charge on any atom is -0.497 e. The fraction of sp³-hybridized carbons (Fsp3) is 0.345. The van der Waals surface area contributed by atoms with Crippen molar-refractivity contribution in [1.29, 1.82) is 0 Å². The molecule has 1 heterocycles. The lowest BCUT2D eigenvalue weighted by Gasteiger charge is -2.25. The molecule has 0 aliphatic heterocycles. The summed E-state index contributed by atoms with van der Waals surface area (Å²) in [6.07, 6.45) is 4.37. The van der Waals surface area contributed by atoms with Crippen molar-refractivity contribution in [2.24, 2.45) is 5.92 Å². The van der Waals surface area contributed by atoms with Crippen LogP contribution in [0.25, 0.3) is 0 Å².